The predicted molar refractivity (Wildman–Crippen MR) is 130 cm³/mol. The molecule has 0 radical (unpaired) electrons. The van der Waals surface area contributed by atoms with E-state index in [2.05, 4.69) is 45.3 Å². The largest absolute Gasteiger partial charge is 0.340 e. The Hall–Kier alpha value is -2.88. The minimum absolute atomic E-state index is 0.000611. The third-order valence-corrected chi connectivity index (χ3v) is 7.60. The minimum atomic E-state index is 0.000611. The Bertz CT molecular complexity index is 1210. The van der Waals surface area contributed by atoms with Crippen LogP contribution in [0.15, 0.2) is 51.0 Å². The molecule has 0 spiro atoms. The second kappa shape index (κ2) is 9.54. The van der Waals surface area contributed by atoms with E-state index in [0.717, 1.165) is 34.9 Å². The van der Waals surface area contributed by atoms with Gasteiger partial charge in [-0.2, -0.15) is 16.3 Å². The van der Waals surface area contributed by atoms with E-state index in [9.17, 15) is 4.79 Å². The molecule has 0 aliphatic carbocycles. The number of benzene rings is 1. The summed E-state index contributed by atoms with van der Waals surface area (Å²) in [6.45, 7) is 7.04. The topological polar surface area (TPSA) is 75.4 Å². The lowest BCUT2D eigenvalue weighted by Gasteiger charge is -2.36. The van der Waals surface area contributed by atoms with Crippen LogP contribution < -0.4 is 0 Å². The van der Waals surface area contributed by atoms with E-state index in [1.807, 2.05) is 39.9 Å². The van der Waals surface area contributed by atoms with E-state index in [-0.39, 0.29) is 11.9 Å². The summed E-state index contributed by atoms with van der Waals surface area (Å²) in [6.07, 6.45) is 0.347. The zero-order valence-corrected chi connectivity index (χ0v) is 20.2. The standard InChI is InChI=1S/C24H25N5O2S2/c1-16-3-5-18(6-4-16)22-26-23(31-27-22)17(2)28-8-10-29(11-9-28)21(30)13-20-15-33-24(25-20)19-7-12-32-14-19/h3-7,12,14-15,17H,8-11,13H2,1-2H3. The van der Waals surface area contributed by atoms with Crippen LogP contribution in [-0.4, -0.2) is 57.0 Å². The summed E-state index contributed by atoms with van der Waals surface area (Å²) in [4.78, 5) is 26.3. The second-order valence-corrected chi connectivity index (χ2v) is 9.89. The quantitative estimate of drug-likeness (QED) is 0.400. The molecule has 33 heavy (non-hydrogen) atoms. The highest BCUT2D eigenvalue weighted by atomic mass is 32.1. The Morgan fingerprint density at radius 1 is 1.06 bits per heavy atom. The number of hydrogen-bond acceptors (Lipinski definition) is 8. The summed E-state index contributed by atoms with van der Waals surface area (Å²) in [5, 5.41) is 11.2. The van der Waals surface area contributed by atoms with Gasteiger partial charge in [0.15, 0.2) is 0 Å². The number of rotatable bonds is 6. The van der Waals surface area contributed by atoms with Gasteiger partial charge in [0.25, 0.3) is 0 Å². The number of thiazole rings is 1. The Kier molecular flexibility index (Phi) is 6.34. The van der Waals surface area contributed by atoms with Gasteiger partial charge in [0.1, 0.15) is 5.01 Å². The number of carbonyl (C=O) groups excluding carboxylic acids is 1. The van der Waals surface area contributed by atoms with Crippen LogP contribution in [0.3, 0.4) is 0 Å². The molecule has 1 aromatic carbocycles. The smallest absolute Gasteiger partial charge is 0.244 e. The fraction of sp³-hybridized carbons (Fsp3) is 0.333. The van der Waals surface area contributed by atoms with E-state index < -0.39 is 0 Å². The van der Waals surface area contributed by atoms with Gasteiger partial charge in [-0.1, -0.05) is 35.0 Å². The first kappa shape index (κ1) is 21.9. The van der Waals surface area contributed by atoms with E-state index >= 15 is 0 Å². The number of hydrogen-bond donors (Lipinski definition) is 0. The van der Waals surface area contributed by atoms with Gasteiger partial charge in [-0.3, -0.25) is 9.69 Å². The monoisotopic (exact) mass is 479 g/mol. The first-order chi connectivity index (χ1) is 16.1. The zero-order chi connectivity index (χ0) is 22.8. The van der Waals surface area contributed by atoms with Crippen molar-refractivity contribution < 1.29 is 9.32 Å². The van der Waals surface area contributed by atoms with E-state index in [1.54, 1.807) is 22.7 Å². The molecular formula is C24H25N5O2S2. The molecule has 1 aliphatic rings. The van der Waals surface area contributed by atoms with Crippen molar-refractivity contribution in [2.75, 3.05) is 26.2 Å². The van der Waals surface area contributed by atoms with E-state index in [0.29, 0.717) is 31.2 Å². The van der Waals surface area contributed by atoms with Crippen LogP contribution in [0, 0.1) is 6.92 Å². The summed E-state index contributed by atoms with van der Waals surface area (Å²) >= 11 is 3.25. The van der Waals surface area contributed by atoms with Crippen molar-refractivity contribution in [1.82, 2.24) is 24.9 Å². The molecule has 0 bridgehead atoms. The fourth-order valence-corrected chi connectivity index (χ4v) is 5.45. The highest BCUT2D eigenvalue weighted by Gasteiger charge is 2.28. The van der Waals surface area contributed by atoms with Gasteiger partial charge in [0.05, 0.1) is 18.2 Å². The molecule has 3 aromatic heterocycles. The molecule has 9 heteroatoms. The average molecular weight is 480 g/mol. The van der Waals surface area contributed by atoms with Gasteiger partial charge in [-0.15, -0.1) is 11.3 Å². The zero-order valence-electron chi connectivity index (χ0n) is 18.6. The van der Waals surface area contributed by atoms with Crippen molar-refractivity contribution in [3.05, 3.63) is 63.6 Å². The maximum atomic E-state index is 12.8. The molecule has 1 fully saturated rings. The third-order valence-electron chi connectivity index (χ3n) is 5.98. The van der Waals surface area contributed by atoms with Crippen LogP contribution in [0.2, 0.25) is 0 Å². The second-order valence-electron chi connectivity index (χ2n) is 8.25. The van der Waals surface area contributed by atoms with E-state index in [4.69, 9.17) is 4.52 Å². The first-order valence-corrected chi connectivity index (χ1v) is 12.8. The van der Waals surface area contributed by atoms with Gasteiger partial charge >= 0.3 is 0 Å². The van der Waals surface area contributed by atoms with Crippen LogP contribution in [0.1, 0.15) is 30.1 Å². The highest BCUT2D eigenvalue weighted by Crippen LogP contribution is 2.27. The van der Waals surface area contributed by atoms with Crippen molar-refractivity contribution in [3.8, 4) is 22.0 Å². The Morgan fingerprint density at radius 3 is 2.58 bits per heavy atom. The summed E-state index contributed by atoms with van der Waals surface area (Å²) in [6, 6.07) is 10.2. The molecule has 1 atom stereocenters. The van der Waals surface area contributed by atoms with Gasteiger partial charge in [0.2, 0.25) is 17.6 Å². The number of nitrogens with zero attached hydrogens (tertiary/aromatic N) is 5. The van der Waals surface area contributed by atoms with Crippen LogP contribution in [0.25, 0.3) is 22.0 Å². The molecule has 170 valence electrons. The van der Waals surface area contributed by atoms with Crippen molar-refractivity contribution in [2.45, 2.75) is 26.3 Å². The molecule has 1 amide bonds. The van der Waals surface area contributed by atoms with Gasteiger partial charge in [-0.05, 0) is 25.3 Å². The molecule has 7 nitrogen and oxygen atoms in total. The Morgan fingerprint density at radius 2 is 1.85 bits per heavy atom. The van der Waals surface area contributed by atoms with Crippen LogP contribution >= 0.6 is 22.7 Å². The van der Waals surface area contributed by atoms with Crippen LogP contribution in [-0.2, 0) is 11.2 Å². The number of amides is 1. The lowest BCUT2D eigenvalue weighted by atomic mass is 10.1. The maximum absolute atomic E-state index is 12.8. The maximum Gasteiger partial charge on any atom is 0.244 e. The third kappa shape index (κ3) is 4.90. The van der Waals surface area contributed by atoms with E-state index in [1.165, 1.54) is 5.56 Å². The summed E-state index contributed by atoms with van der Waals surface area (Å²) < 4.78 is 5.56. The van der Waals surface area contributed by atoms with Gasteiger partial charge in [0, 0.05) is 48.1 Å². The molecule has 0 N–H and O–H groups in total. The van der Waals surface area contributed by atoms with Crippen LogP contribution in [0.5, 0.6) is 0 Å². The van der Waals surface area contributed by atoms with Crippen molar-refractivity contribution in [2.24, 2.45) is 0 Å². The molecule has 4 heterocycles. The lowest BCUT2D eigenvalue weighted by molar-refractivity contribution is -0.132. The highest BCUT2D eigenvalue weighted by molar-refractivity contribution is 7.14. The first-order valence-electron chi connectivity index (χ1n) is 11.0. The Labute approximate surface area is 200 Å². The number of thiophene rings is 1. The van der Waals surface area contributed by atoms with Crippen molar-refractivity contribution in [3.63, 3.8) is 0 Å². The SMILES string of the molecule is Cc1ccc(-c2noc(C(C)N3CCN(C(=O)Cc4csc(-c5ccsc5)n4)CC3)n2)cc1. The molecule has 1 unspecified atom stereocenters. The van der Waals surface area contributed by atoms with Gasteiger partial charge in [-0.25, -0.2) is 4.98 Å². The lowest BCUT2D eigenvalue weighted by Crippen LogP contribution is -2.49. The Balaban J connectivity index is 1.15. The average Bonchev–Trinajstić information content (AvgIpc) is 3.61. The number of aromatic nitrogens is 3. The molecule has 5 rings (SSSR count). The molecule has 1 aliphatic heterocycles. The summed E-state index contributed by atoms with van der Waals surface area (Å²) in [5.74, 6) is 1.34. The van der Waals surface area contributed by atoms with Crippen molar-refractivity contribution >= 4 is 28.6 Å². The fourth-order valence-electron chi connectivity index (χ4n) is 3.91. The number of aryl methyl sites for hydroxylation is 1. The normalized spacial score (nSPS) is 15.6. The predicted octanol–water partition coefficient (Wildman–Crippen LogP) is 4.68. The van der Waals surface area contributed by atoms with Crippen molar-refractivity contribution in [1.29, 1.82) is 0 Å². The summed E-state index contributed by atoms with van der Waals surface area (Å²) in [7, 11) is 0. The van der Waals surface area contributed by atoms with Crippen LogP contribution in [0.4, 0.5) is 0 Å². The number of piperazine rings is 1. The molecule has 1 saturated heterocycles. The molecular weight excluding hydrogens is 454 g/mol. The minimum Gasteiger partial charge on any atom is -0.340 e. The molecule has 0 saturated carbocycles. The van der Waals surface area contributed by atoms with Gasteiger partial charge < -0.3 is 9.42 Å². The molecule has 4 aromatic rings. The summed E-state index contributed by atoms with van der Waals surface area (Å²) in [5.41, 5.74) is 4.11. The number of carbonyl (C=O) groups is 1.